The van der Waals surface area contributed by atoms with Gasteiger partial charge in [0.1, 0.15) is 18.9 Å². The summed E-state index contributed by atoms with van der Waals surface area (Å²) in [4.78, 5) is 25.7. The molecule has 2 fully saturated rings. The van der Waals surface area contributed by atoms with Crippen molar-refractivity contribution < 1.29 is 24.5 Å². The molecule has 1 aliphatic carbocycles. The molecular formula is C19H33NO5. The summed E-state index contributed by atoms with van der Waals surface area (Å²) in [5.41, 5.74) is -0.603. The number of carbonyl (C=O) groups is 2. The number of piperidine rings is 1. The second kappa shape index (κ2) is 7.62. The number of aliphatic carboxylic acids is 1. The Hall–Kier alpha value is -1.14. The van der Waals surface area contributed by atoms with Gasteiger partial charge in [-0.25, -0.2) is 0 Å². The Balaban J connectivity index is 1.94. The third-order valence-corrected chi connectivity index (χ3v) is 6.39. The Morgan fingerprint density at radius 1 is 1.32 bits per heavy atom. The number of aliphatic hydroxyl groups excluding tert-OH is 1. The van der Waals surface area contributed by atoms with E-state index in [1.165, 1.54) is 0 Å². The maximum atomic E-state index is 12.7. The van der Waals surface area contributed by atoms with E-state index in [4.69, 9.17) is 4.74 Å². The first kappa shape index (κ1) is 20.2. The number of carboxylic acid groups (broad SMARTS) is 1. The Morgan fingerprint density at radius 3 is 2.48 bits per heavy atom. The lowest BCUT2D eigenvalue weighted by molar-refractivity contribution is -0.169. The minimum absolute atomic E-state index is 0.123. The number of carbonyl (C=O) groups excluding carboxylic acids is 1. The summed E-state index contributed by atoms with van der Waals surface area (Å²) in [6, 6.07) is -0.657. The molecule has 1 saturated heterocycles. The highest BCUT2D eigenvalue weighted by Crippen LogP contribution is 2.50. The standard InChI is InChI=1S/C19H33NO5/c1-6-12(4)8-19(5,11(2)3)18(24)25-10-15(21)20-9-13-7-14(13)16(20)17(22)23/h11-16,21H,6-10H2,1-5H3,(H,22,23). The van der Waals surface area contributed by atoms with Crippen LogP contribution >= 0.6 is 0 Å². The van der Waals surface area contributed by atoms with Crippen molar-refractivity contribution in [2.24, 2.45) is 29.1 Å². The number of carboxylic acids is 1. The predicted molar refractivity (Wildman–Crippen MR) is 93.7 cm³/mol. The first-order chi connectivity index (χ1) is 11.6. The third-order valence-electron chi connectivity index (χ3n) is 6.39. The monoisotopic (exact) mass is 355 g/mol. The summed E-state index contributed by atoms with van der Waals surface area (Å²) in [6.45, 7) is 10.5. The van der Waals surface area contributed by atoms with Gasteiger partial charge in [0.15, 0.2) is 0 Å². The highest BCUT2D eigenvalue weighted by molar-refractivity contribution is 5.77. The van der Waals surface area contributed by atoms with E-state index < -0.39 is 23.7 Å². The summed E-state index contributed by atoms with van der Waals surface area (Å²) in [5.74, 6) is -0.187. The number of hydrogen-bond donors (Lipinski definition) is 2. The van der Waals surface area contributed by atoms with Crippen LogP contribution in [0, 0.1) is 29.1 Å². The number of aliphatic hydroxyl groups is 1. The Kier molecular flexibility index (Phi) is 6.15. The normalized spacial score (nSPS) is 30.4. The van der Waals surface area contributed by atoms with Crippen molar-refractivity contribution in [3.8, 4) is 0 Å². The molecule has 6 atom stereocenters. The van der Waals surface area contributed by atoms with Gasteiger partial charge < -0.3 is 14.9 Å². The van der Waals surface area contributed by atoms with Gasteiger partial charge in [0.2, 0.25) is 0 Å². The fourth-order valence-electron chi connectivity index (χ4n) is 3.96. The fraction of sp³-hybridized carbons (Fsp3) is 0.895. The molecule has 1 aliphatic heterocycles. The molecular weight excluding hydrogens is 322 g/mol. The zero-order chi connectivity index (χ0) is 18.9. The molecule has 0 amide bonds. The number of hydrogen-bond acceptors (Lipinski definition) is 5. The lowest BCUT2D eigenvalue weighted by Gasteiger charge is -2.35. The van der Waals surface area contributed by atoms with E-state index >= 15 is 0 Å². The van der Waals surface area contributed by atoms with Gasteiger partial charge in [0.25, 0.3) is 0 Å². The third kappa shape index (κ3) is 4.17. The zero-order valence-electron chi connectivity index (χ0n) is 16.1. The summed E-state index contributed by atoms with van der Waals surface area (Å²) in [7, 11) is 0. The molecule has 2 aliphatic rings. The molecule has 0 aromatic carbocycles. The van der Waals surface area contributed by atoms with Gasteiger partial charge in [-0.1, -0.05) is 34.1 Å². The van der Waals surface area contributed by atoms with Crippen LogP contribution in [0.2, 0.25) is 0 Å². The van der Waals surface area contributed by atoms with Gasteiger partial charge in [-0.15, -0.1) is 0 Å². The quantitative estimate of drug-likeness (QED) is 0.618. The Bertz CT molecular complexity index is 508. The molecule has 0 aromatic heterocycles. The lowest BCUT2D eigenvalue weighted by Crippen LogP contribution is -2.48. The number of fused-ring (bicyclic) bond motifs is 1. The van der Waals surface area contributed by atoms with Gasteiger partial charge >= 0.3 is 11.9 Å². The molecule has 0 spiro atoms. The number of nitrogens with zero attached hydrogens (tertiary/aromatic N) is 1. The molecule has 1 heterocycles. The number of rotatable bonds is 9. The van der Waals surface area contributed by atoms with Crippen LogP contribution in [0.4, 0.5) is 0 Å². The van der Waals surface area contributed by atoms with E-state index in [2.05, 4.69) is 13.8 Å². The highest BCUT2D eigenvalue weighted by Gasteiger charge is 2.57. The van der Waals surface area contributed by atoms with E-state index in [0.29, 0.717) is 18.4 Å². The zero-order valence-corrected chi connectivity index (χ0v) is 16.1. The van der Waals surface area contributed by atoms with Crippen LogP contribution in [0.3, 0.4) is 0 Å². The maximum absolute atomic E-state index is 12.7. The molecule has 6 heteroatoms. The maximum Gasteiger partial charge on any atom is 0.321 e. The van der Waals surface area contributed by atoms with Crippen molar-refractivity contribution in [3.63, 3.8) is 0 Å². The smallest absolute Gasteiger partial charge is 0.321 e. The van der Waals surface area contributed by atoms with E-state index in [0.717, 1.165) is 19.3 Å². The second-order valence-electron chi connectivity index (χ2n) is 8.51. The first-order valence-corrected chi connectivity index (χ1v) is 9.45. The predicted octanol–water partition coefficient (Wildman–Crippen LogP) is 2.35. The molecule has 0 aromatic rings. The van der Waals surface area contributed by atoms with Crippen molar-refractivity contribution in [1.29, 1.82) is 0 Å². The van der Waals surface area contributed by atoms with Crippen molar-refractivity contribution in [2.45, 2.75) is 66.2 Å². The molecule has 6 nitrogen and oxygen atoms in total. The van der Waals surface area contributed by atoms with Gasteiger partial charge in [0, 0.05) is 6.54 Å². The second-order valence-corrected chi connectivity index (χ2v) is 8.51. The lowest BCUT2D eigenvalue weighted by atomic mass is 9.72. The number of ether oxygens (including phenoxy) is 1. The van der Waals surface area contributed by atoms with Gasteiger partial charge in [-0.2, -0.15) is 0 Å². The minimum atomic E-state index is -1.06. The van der Waals surface area contributed by atoms with Crippen molar-refractivity contribution in [1.82, 2.24) is 4.90 Å². The topological polar surface area (TPSA) is 87.1 Å². The van der Waals surface area contributed by atoms with E-state index in [1.54, 1.807) is 4.90 Å². The molecule has 1 saturated carbocycles. The molecule has 2 rings (SSSR count). The van der Waals surface area contributed by atoms with Crippen LogP contribution in [0.1, 0.15) is 53.9 Å². The molecule has 6 unspecified atom stereocenters. The van der Waals surface area contributed by atoms with Crippen LogP contribution < -0.4 is 0 Å². The molecule has 25 heavy (non-hydrogen) atoms. The van der Waals surface area contributed by atoms with Gasteiger partial charge in [-0.05, 0) is 43.4 Å². The van der Waals surface area contributed by atoms with Crippen LogP contribution in [0.15, 0.2) is 0 Å². The largest absolute Gasteiger partial charge is 0.480 e. The molecule has 2 N–H and O–H groups in total. The van der Waals surface area contributed by atoms with Crippen LogP contribution in [0.5, 0.6) is 0 Å². The van der Waals surface area contributed by atoms with Crippen molar-refractivity contribution in [2.75, 3.05) is 13.2 Å². The van der Waals surface area contributed by atoms with Crippen LogP contribution in [-0.2, 0) is 14.3 Å². The SMILES string of the molecule is CCC(C)CC(C)(C(=O)OCC(O)N1CC2CC2C1C(=O)O)C(C)C. The van der Waals surface area contributed by atoms with Crippen LogP contribution in [-0.4, -0.2) is 52.5 Å². The van der Waals surface area contributed by atoms with Crippen molar-refractivity contribution >= 4 is 11.9 Å². The Labute approximate surface area is 150 Å². The number of likely N-dealkylation sites (tertiary alicyclic amines) is 1. The van der Waals surface area contributed by atoms with E-state index in [-0.39, 0.29) is 24.4 Å². The molecule has 0 bridgehead atoms. The van der Waals surface area contributed by atoms with Crippen molar-refractivity contribution in [3.05, 3.63) is 0 Å². The van der Waals surface area contributed by atoms with E-state index in [1.807, 2.05) is 20.8 Å². The Morgan fingerprint density at radius 2 is 1.96 bits per heavy atom. The average Bonchev–Trinajstić information content (AvgIpc) is 3.20. The van der Waals surface area contributed by atoms with Crippen LogP contribution in [0.25, 0.3) is 0 Å². The number of esters is 1. The minimum Gasteiger partial charge on any atom is -0.480 e. The van der Waals surface area contributed by atoms with E-state index in [9.17, 15) is 19.8 Å². The molecule has 144 valence electrons. The fourth-order valence-corrected chi connectivity index (χ4v) is 3.96. The van der Waals surface area contributed by atoms with Gasteiger partial charge in [0.05, 0.1) is 5.41 Å². The summed E-state index contributed by atoms with van der Waals surface area (Å²) >= 11 is 0. The average molecular weight is 355 g/mol. The summed E-state index contributed by atoms with van der Waals surface area (Å²) < 4.78 is 5.44. The van der Waals surface area contributed by atoms with Gasteiger partial charge in [-0.3, -0.25) is 14.5 Å². The molecule has 0 radical (unpaired) electrons. The first-order valence-electron chi connectivity index (χ1n) is 9.45. The highest BCUT2D eigenvalue weighted by atomic mass is 16.5. The summed E-state index contributed by atoms with van der Waals surface area (Å²) in [5, 5.41) is 19.7. The summed E-state index contributed by atoms with van der Waals surface area (Å²) in [6.07, 6.45) is 1.59.